The van der Waals surface area contributed by atoms with Gasteiger partial charge in [0.05, 0.1) is 12.6 Å². The Labute approximate surface area is 141 Å². The van der Waals surface area contributed by atoms with Crippen LogP contribution in [0.1, 0.15) is 17.2 Å². The van der Waals surface area contributed by atoms with Gasteiger partial charge in [-0.25, -0.2) is 0 Å². The summed E-state index contributed by atoms with van der Waals surface area (Å²) in [5, 5.41) is 0. The molecule has 3 nitrogen and oxygen atoms in total. The Bertz CT molecular complexity index is 712. The van der Waals surface area contributed by atoms with Gasteiger partial charge in [0, 0.05) is 14.6 Å². The van der Waals surface area contributed by atoms with E-state index in [1.54, 1.807) is 0 Å². The number of hydrogen-bond acceptors (Lipinski definition) is 3. The van der Waals surface area contributed by atoms with Gasteiger partial charge in [-0.15, -0.1) is 0 Å². The fourth-order valence-electron chi connectivity index (χ4n) is 2.58. The van der Waals surface area contributed by atoms with E-state index in [4.69, 9.17) is 5.73 Å². The molecule has 0 aliphatic carbocycles. The van der Waals surface area contributed by atoms with Gasteiger partial charge in [0.15, 0.2) is 5.96 Å². The molecule has 108 valence electrons. The Hall–Kier alpha value is -1.33. The van der Waals surface area contributed by atoms with Crippen LogP contribution in [0.15, 0.2) is 56.4 Å². The van der Waals surface area contributed by atoms with E-state index in [9.17, 15) is 0 Å². The molecule has 0 fully saturated rings. The Morgan fingerprint density at radius 2 is 2.00 bits per heavy atom. The van der Waals surface area contributed by atoms with Crippen molar-refractivity contribution in [3.63, 3.8) is 0 Å². The first-order valence-corrected chi connectivity index (χ1v) is 8.25. The van der Waals surface area contributed by atoms with E-state index in [-0.39, 0.29) is 6.04 Å². The SMILES string of the molecule is Cc1ccc(C2CN=C(N)N2c2cccc(Br)c2)c(Br)c1. The van der Waals surface area contributed by atoms with Crippen LogP contribution in [0.4, 0.5) is 5.69 Å². The molecule has 0 saturated carbocycles. The van der Waals surface area contributed by atoms with Crippen molar-refractivity contribution in [2.75, 3.05) is 11.4 Å². The van der Waals surface area contributed by atoms with Crippen molar-refractivity contribution in [1.29, 1.82) is 0 Å². The third-order valence-corrected chi connectivity index (χ3v) is 4.77. The predicted molar refractivity (Wildman–Crippen MR) is 94.7 cm³/mol. The lowest BCUT2D eigenvalue weighted by atomic mass is 10.0. The standard InChI is InChI=1S/C16H15Br2N3/c1-10-5-6-13(14(18)7-10)15-9-20-16(19)21(15)12-4-2-3-11(17)8-12/h2-8,15H,9H2,1H3,(H2,19,20). The Morgan fingerprint density at radius 1 is 1.19 bits per heavy atom. The van der Waals surface area contributed by atoms with E-state index in [1.165, 1.54) is 11.1 Å². The van der Waals surface area contributed by atoms with Gasteiger partial charge in [0.1, 0.15) is 0 Å². The molecule has 0 aromatic heterocycles. The lowest BCUT2D eigenvalue weighted by Gasteiger charge is -2.27. The van der Waals surface area contributed by atoms with E-state index >= 15 is 0 Å². The highest BCUT2D eigenvalue weighted by Crippen LogP contribution is 2.35. The van der Waals surface area contributed by atoms with Gasteiger partial charge in [-0.2, -0.15) is 0 Å². The maximum absolute atomic E-state index is 6.11. The van der Waals surface area contributed by atoms with E-state index in [2.05, 4.69) is 72.9 Å². The number of guanidine groups is 1. The molecule has 0 amide bonds. The highest BCUT2D eigenvalue weighted by molar-refractivity contribution is 9.10. The molecule has 3 rings (SSSR count). The van der Waals surface area contributed by atoms with Crippen molar-refractivity contribution in [2.24, 2.45) is 10.7 Å². The van der Waals surface area contributed by atoms with Crippen molar-refractivity contribution in [3.8, 4) is 0 Å². The smallest absolute Gasteiger partial charge is 0.196 e. The van der Waals surface area contributed by atoms with Crippen LogP contribution >= 0.6 is 31.9 Å². The number of nitrogens with two attached hydrogens (primary N) is 1. The molecule has 21 heavy (non-hydrogen) atoms. The summed E-state index contributed by atoms with van der Waals surface area (Å²) in [6.45, 7) is 2.75. The van der Waals surface area contributed by atoms with Gasteiger partial charge >= 0.3 is 0 Å². The fraction of sp³-hybridized carbons (Fsp3) is 0.188. The molecule has 0 radical (unpaired) electrons. The molecule has 2 aromatic rings. The molecule has 5 heteroatoms. The number of anilines is 1. The Balaban J connectivity index is 2.03. The molecule has 2 N–H and O–H groups in total. The molecule has 1 aliphatic rings. The van der Waals surface area contributed by atoms with Gasteiger partial charge in [-0.3, -0.25) is 4.99 Å². The molecule has 0 saturated heterocycles. The topological polar surface area (TPSA) is 41.6 Å². The first kappa shape index (κ1) is 14.6. The molecule has 0 spiro atoms. The molecule has 1 aliphatic heterocycles. The largest absolute Gasteiger partial charge is 0.369 e. The summed E-state index contributed by atoms with van der Waals surface area (Å²) in [5.74, 6) is 0.561. The minimum atomic E-state index is 0.120. The zero-order valence-electron chi connectivity index (χ0n) is 11.6. The third kappa shape index (κ3) is 2.85. The number of benzene rings is 2. The first-order chi connectivity index (χ1) is 10.1. The van der Waals surface area contributed by atoms with E-state index in [0.29, 0.717) is 12.5 Å². The molecule has 1 unspecified atom stereocenters. The van der Waals surface area contributed by atoms with Crippen molar-refractivity contribution in [1.82, 2.24) is 0 Å². The van der Waals surface area contributed by atoms with Gasteiger partial charge < -0.3 is 10.6 Å². The van der Waals surface area contributed by atoms with Crippen LogP contribution in [0, 0.1) is 6.92 Å². The molecule has 1 heterocycles. The highest BCUT2D eigenvalue weighted by Gasteiger charge is 2.30. The van der Waals surface area contributed by atoms with Crippen molar-refractivity contribution in [2.45, 2.75) is 13.0 Å². The van der Waals surface area contributed by atoms with Crippen LogP contribution in [0.3, 0.4) is 0 Å². The zero-order valence-corrected chi connectivity index (χ0v) is 14.7. The lowest BCUT2D eigenvalue weighted by molar-refractivity contribution is 0.764. The lowest BCUT2D eigenvalue weighted by Crippen LogP contribution is -2.36. The second-order valence-corrected chi connectivity index (χ2v) is 6.86. The molecule has 0 bridgehead atoms. The minimum absolute atomic E-state index is 0.120. The fourth-order valence-corrected chi connectivity index (χ4v) is 3.72. The third-order valence-electron chi connectivity index (χ3n) is 3.59. The van der Waals surface area contributed by atoms with Gasteiger partial charge in [-0.05, 0) is 42.3 Å². The Kier molecular flexibility index (Phi) is 4.04. The van der Waals surface area contributed by atoms with E-state index in [0.717, 1.165) is 14.6 Å². The second-order valence-electron chi connectivity index (χ2n) is 5.09. The van der Waals surface area contributed by atoms with Crippen LogP contribution in [-0.2, 0) is 0 Å². The minimum Gasteiger partial charge on any atom is -0.369 e. The monoisotopic (exact) mass is 407 g/mol. The summed E-state index contributed by atoms with van der Waals surface area (Å²) >= 11 is 7.18. The van der Waals surface area contributed by atoms with E-state index in [1.807, 2.05) is 18.2 Å². The van der Waals surface area contributed by atoms with Gasteiger partial charge in [0.25, 0.3) is 0 Å². The van der Waals surface area contributed by atoms with Crippen molar-refractivity contribution >= 4 is 43.5 Å². The number of nitrogens with zero attached hydrogens (tertiary/aromatic N) is 2. The Morgan fingerprint density at radius 3 is 2.71 bits per heavy atom. The maximum Gasteiger partial charge on any atom is 0.196 e. The highest BCUT2D eigenvalue weighted by atomic mass is 79.9. The van der Waals surface area contributed by atoms with Crippen LogP contribution in [0.25, 0.3) is 0 Å². The first-order valence-electron chi connectivity index (χ1n) is 6.67. The molecular weight excluding hydrogens is 394 g/mol. The van der Waals surface area contributed by atoms with Crippen molar-refractivity contribution < 1.29 is 0 Å². The van der Waals surface area contributed by atoms with Crippen LogP contribution in [-0.4, -0.2) is 12.5 Å². The summed E-state index contributed by atoms with van der Waals surface area (Å²) in [7, 11) is 0. The van der Waals surface area contributed by atoms with E-state index < -0.39 is 0 Å². The number of aryl methyl sites for hydroxylation is 1. The van der Waals surface area contributed by atoms with Gasteiger partial charge in [0.2, 0.25) is 0 Å². The zero-order chi connectivity index (χ0) is 15.0. The molecule has 2 aromatic carbocycles. The van der Waals surface area contributed by atoms with Gasteiger partial charge in [-0.1, -0.05) is 50.1 Å². The normalized spacial score (nSPS) is 18.0. The summed E-state index contributed by atoms with van der Waals surface area (Å²) in [5.41, 5.74) is 9.58. The second kappa shape index (κ2) is 5.81. The van der Waals surface area contributed by atoms with Crippen LogP contribution < -0.4 is 10.6 Å². The molecular formula is C16H15Br2N3. The summed E-state index contributed by atoms with van der Waals surface area (Å²) in [6.07, 6.45) is 0. The number of halogens is 2. The van der Waals surface area contributed by atoms with Crippen LogP contribution in [0.5, 0.6) is 0 Å². The van der Waals surface area contributed by atoms with Crippen molar-refractivity contribution in [3.05, 3.63) is 62.5 Å². The summed E-state index contributed by atoms with van der Waals surface area (Å²) in [6, 6.07) is 14.6. The quantitative estimate of drug-likeness (QED) is 0.800. The average molecular weight is 409 g/mol. The van der Waals surface area contributed by atoms with Crippen LogP contribution in [0.2, 0.25) is 0 Å². The summed E-state index contributed by atoms with van der Waals surface area (Å²) < 4.78 is 2.12. The number of rotatable bonds is 2. The number of aliphatic imine (C=N–C) groups is 1. The average Bonchev–Trinajstić information content (AvgIpc) is 2.80. The predicted octanol–water partition coefficient (Wildman–Crippen LogP) is 4.40. The summed E-state index contributed by atoms with van der Waals surface area (Å²) in [4.78, 5) is 6.51. The maximum atomic E-state index is 6.11. The number of hydrogen-bond donors (Lipinski definition) is 1. The molecule has 1 atom stereocenters.